The number of hydrogen-bond donors (Lipinski definition) is 2. The maximum atomic E-state index is 13.3. The Morgan fingerprint density at radius 2 is 1.66 bits per heavy atom. The van der Waals surface area contributed by atoms with Crippen LogP contribution < -0.4 is 10.0 Å². The zero-order chi connectivity index (χ0) is 25.2. The Bertz CT molecular complexity index is 1360. The number of aryl methyl sites for hydroxylation is 4. The summed E-state index contributed by atoms with van der Waals surface area (Å²) >= 11 is 0. The van der Waals surface area contributed by atoms with E-state index in [-0.39, 0.29) is 16.8 Å². The first-order valence-corrected chi connectivity index (χ1v) is 13.8. The molecule has 1 atom stereocenters. The van der Waals surface area contributed by atoms with E-state index in [1.807, 2.05) is 32.9 Å². The molecule has 0 spiro atoms. The van der Waals surface area contributed by atoms with Gasteiger partial charge in [-0.1, -0.05) is 43.3 Å². The van der Waals surface area contributed by atoms with Crippen LogP contribution in [0.5, 0.6) is 0 Å². The summed E-state index contributed by atoms with van der Waals surface area (Å²) in [5, 5.41) is 3.12. The summed E-state index contributed by atoms with van der Waals surface area (Å²) in [5.74, 6) is -0.280. The van der Waals surface area contributed by atoms with Gasteiger partial charge in [0.2, 0.25) is 0 Å². The number of fused-ring (bicyclic) bond motifs is 1. The van der Waals surface area contributed by atoms with Gasteiger partial charge in [-0.2, -0.15) is 0 Å². The van der Waals surface area contributed by atoms with Crippen LogP contribution in [0.15, 0.2) is 59.5 Å². The number of nitrogens with one attached hydrogen (secondary N) is 2. The molecule has 0 saturated carbocycles. The summed E-state index contributed by atoms with van der Waals surface area (Å²) in [5.41, 5.74) is 7.21. The third-order valence-electron chi connectivity index (χ3n) is 7.08. The van der Waals surface area contributed by atoms with Crippen LogP contribution in [0.4, 0.5) is 5.69 Å². The Balaban J connectivity index is 1.57. The van der Waals surface area contributed by atoms with E-state index in [1.165, 1.54) is 30.0 Å². The molecular weight excluding hydrogens is 456 g/mol. The molecule has 0 bridgehead atoms. The summed E-state index contributed by atoms with van der Waals surface area (Å²) in [6.45, 7) is 7.61. The summed E-state index contributed by atoms with van der Waals surface area (Å²) in [6.07, 6.45) is 5.39. The highest BCUT2D eigenvalue weighted by atomic mass is 32.2. The van der Waals surface area contributed by atoms with E-state index >= 15 is 0 Å². The monoisotopic (exact) mass is 490 g/mol. The van der Waals surface area contributed by atoms with E-state index in [9.17, 15) is 13.2 Å². The maximum absolute atomic E-state index is 13.3. The minimum Gasteiger partial charge on any atom is -0.345 e. The quantitative estimate of drug-likeness (QED) is 0.416. The van der Waals surface area contributed by atoms with Crippen LogP contribution in [0.25, 0.3) is 0 Å². The van der Waals surface area contributed by atoms with Gasteiger partial charge in [0.25, 0.3) is 15.9 Å². The number of carbonyl (C=O) groups is 1. The lowest BCUT2D eigenvalue weighted by atomic mass is 9.88. The second-order valence-corrected chi connectivity index (χ2v) is 11.2. The summed E-state index contributed by atoms with van der Waals surface area (Å²) < 4.78 is 29.2. The number of anilines is 1. The van der Waals surface area contributed by atoms with Crippen molar-refractivity contribution in [3.05, 3.63) is 93.5 Å². The maximum Gasteiger partial charge on any atom is 0.262 e. The molecule has 0 saturated heterocycles. The zero-order valence-electron chi connectivity index (χ0n) is 20.9. The molecular formula is C29H34N2O3S. The lowest BCUT2D eigenvalue weighted by Gasteiger charge is -2.22. The molecule has 0 unspecified atom stereocenters. The topological polar surface area (TPSA) is 75.3 Å². The Morgan fingerprint density at radius 1 is 0.914 bits per heavy atom. The third-order valence-corrected chi connectivity index (χ3v) is 8.58. The molecule has 0 fully saturated rings. The summed E-state index contributed by atoms with van der Waals surface area (Å²) in [4.78, 5) is 13.3. The van der Waals surface area contributed by atoms with Crippen molar-refractivity contribution in [1.29, 1.82) is 0 Å². The van der Waals surface area contributed by atoms with Gasteiger partial charge < -0.3 is 5.32 Å². The smallest absolute Gasteiger partial charge is 0.262 e. The van der Waals surface area contributed by atoms with Crippen molar-refractivity contribution in [3.8, 4) is 0 Å². The minimum atomic E-state index is -3.87. The number of carbonyl (C=O) groups excluding carboxylic acids is 1. The molecule has 2 N–H and O–H groups in total. The van der Waals surface area contributed by atoms with E-state index in [4.69, 9.17) is 0 Å². The van der Waals surface area contributed by atoms with E-state index in [1.54, 1.807) is 25.1 Å². The van der Waals surface area contributed by atoms with Crippen LogP contribution in [0.2, 0.25) is 0 Å². The highest BCUT2D eigenvalue weighted by Gasteiger charge is 2.22. The Morgan fingerprint density at radius 3 is 2.40 bits per heavy atom. The molecule has 0 aromatic heterocycles. The number of hydrogen-bond acceptors (Lipinski definition) is 3. The van der Waals surface area contributed by atoms with Crippen LogP contribution in [0.3, 0.4) is 0 Å². The zero-order valence-corrected chi connectivity index (χ0v) is 21.8. The lowest BCUT2D eigenvalue weighted by Crippen LogP contribution is -2.28. The Labute approximate surface area is 209 Å². The third kappa shape index (κ3) is 5.43. The van der Waals surface area contributed by atoms with Crippen molar-refractivity contribution in [1.82, 2.24) is 5.32 Å². The van der Waals surface area contributed by atoms with Gasteiger partial charge >= 0.3 is 0 Å². The van der Waals surface area contributed by atoms with Crippen molar-refractivity contribution in [2.75, 3.05) is 4.72 Å². The molecule has 6 heteroatoms. The first kappa shape index (κ1) is 25.0. The fourth-order valence-electron chi connectivity index (χ4n) is 4.73. The molecule has 1 aliphatic rings. The number of sulfonamides is 1. The molecule has 35 heavy (non-hydrogen) atoms. The summed E-state index contributed by atoms with van der Waals surface area (Å²) in [7, 11) is -3.87. The number of amides is 1. The minimum absolute atomic E-state index is 0.105. The molecule has 0 aliphatic heterocycles. The van der Waals surface area contributed by atoms with Crippen molar-refractivity contribution in [3.63, 3.8) is 0 Å². The lowest BCUT2D eigenvalue weighted by molar-refractivity contribution is 0.0935. The van der Waals surface area contributed by atoms with Crippen LogP contribution in [0.1, 0.15) is 76.0 Å². The van der Waals surface area contributed by atoms with E-state index in [0.29, 0.717) is 16.8 Å². The highest BCUT2D eigenvalue weighted by Crippen LogP contribution is 2.27. The van der Waals surface area contributed by atoms with Crippen LogP contribution in [-0.2, 0) is 22.9 Å². The van der Waals surface area contributed by atoms with Gasteiger partial charge in [-0.05, 0) is 104 Å². The molecule has 0 radical (unpaired) electrons. The SMILES string of the molecule is CC[C@H](NC(=O)c1ccc(C)c(S(=O)(=O)Nc2cccc(C)c2C)c1)c1ccc2c(c1)CCCC2. The molecule has 1 amide bonds. The molecule has 3 aromatic carbocycles. The van der Waals surface area contributed by atoms with Crippen LogP contribution in [-0.4, -0.2) is 14.3 Å². The van der Waals surface area contributed by atoms with Gasteiger partial charge in [-0.15, -0.1) is 0 Å². The molecule has 3 aromatic rings. The van der Waals surface area contributed by atoms with Gasteiger partial charge in [0.05, 0.1) is 16.6 Å². The largest absolute Gasteiger partial charge is 0.345 e. The highest BCUT2D eigenvalue weighted by molar-refractivity contribution is 7.92. The summed E-state index contributed by atoms with van der Waals surface area (Å²) in [6, 6.07) is 16.7. The van der Waals surface area contributed by atoms with Crippen LogP contribution >= 0.6 is 0 Å². The van der Waals surface area contributed by atoms with Gasteiger partial charge in [-0.25, -0.2) is 8.42 Å². The predicted octanol–water partition coefficient (Wildman–Crippen LogP) is 6.17. The van der Waals surface area contributed by atoms with Crippen molar-refractivity contribution < 1.29 is 13.2 Å². The van der Waals surface area contributed by atoms with Crippen molar-refractivity contribution >= 4 is 21.6 Å². The number of benzene rings is 3. The fourth-order valence-corrected chi connectivity index (χ4v) is 6.12. The van der Waals surface area contributed by atoms with Gasteiger partial charge in [0.15, 0.2) is 0 Å². The fraction of sp³-hybridized carbons (Fsp3) is 0.345. The second kappa shape index (κ2) is 10.2. The first-order valence-electron chi connectivity index (χ1n) is 12.3. The molecule has 184 valence electrons. The molecule has 4 rings (SSSR count). The normalized spacial score (nSPS) is 14.2. The standard InChI is InChI=1S/C29H34N2O3S/c1-5-26(24-16-15-22-10-6-7-11-23(22)17-24)30-29(32)25-14-13-20(3)28(18-25)35(33,34)31-27-12-8-9-19(2)21(27)4/h8-9,12-18,26,31H,5-7,10-11H2,1-4H3,(H,30,32)/t26-/m0/s1. The Hall–Kier alpha value is -3.12. The van der Waals surface area contributed by atoms with E-state index < -0.39 is 10.0 Å². The van der Waals surface area contributed by atoms with Crippen LogP contribution in [0, 0.1) is 20.8 Å². The average molecular weight is 491 g/mol. The first-order chi connectivity index (χ1) is 16.7. The van der Waals surface area contributed by atoms with E-state index in [2.05, 4.69) is 28.2 Å². The molecule has 1 aliphatic carbocycles. The average Bonchev–Trinajstić information content (AvgIpc) is 2.85. The van der Waals surface area contributed by atoms with Crippen molar-refractivity contribution in [2.45, 2.75) is 70.7 Å². The second-order valence-electron chi connectivity index (χ2n) is 9.50. The Kier molecular flexibility index (Phi) is 7.31. The molecule has 5 nitrogen and oxygen atoms in total. The number of rotatable bonds is 7. The molecule has 0 heterocycles. The van der Waals surface area contributed by atoms with Gasteiger partial charge in [0.1, 0.15) is 0 Å². The predicted molar refractivity (Wildman–Crippen MR) is 141 cm³/mol. The van der Waals surface area contributed by atoms with Gasteiger partial charge in [0, 0.05) is 5.56 Å². The van der Waals surface area contributed by atoms with E-state index in [0.717, 1.165) is 36.0 Å². The van der Waals surface area contributed by atoms with Gasteiger partial charge in [-0.3, -0.25) is 9.52 Å². The van der Waals surface area contributed by atoms with Crippen molar-refractivity contribution in [2.24, 2.45) is 0 Å².